The summed E-state index contributed by atoms with van der Waals surface area (Å²) in [5.74, 6) is 0.327. The Hall–Kier alpha value is -1.86. The summed E-state index contributed by atoms with van der Waals surface area (Å²) in [6.45, 7) is 1.69. The third-order valence-electron chi connectivity index (χ3n) is 4.85. The van der Waals surface area contributed by atoms with Crippen LogP contribution in [-0.2, 0) is 0 Å². The monoisotopic (exact) mass is 492 g/mol. The molecule has 4 rings (SSSR count). The number of nitrogens with one attached hydrogen (secondary N) is 1. The Kier molecular flexibility index (Phi) is 6.25. The third-order valence-corrected chi connectivity index (χ3v) is 6.16. The van der Waals surface area contributed by atoms with Crippen LogP contribution in [0, 0.1) is 0 Å². The van der Waals surface area contributed by atoms with Gasteiger partial charge in [0.25, 0.3) is 5.91 Å². The molecule has 1 aliphatic rings. The second-order valence-corrected chi connectivity index (χ2v) is 8.45. The number of rotatable bonds is 4. The van der Waals surface area contributed by atoms with Gasteiger partial charge in [0.05, 0.1) is 5.02 Å². The molecular weight excluding hydrogens is 475 g/mol. The maximum absolute atomic E-state index is 13.0. The van der Waals surface area contributed by atoms with E-state index in [9.17, 15) is 4.79 Å². The lowest BCUT2D eigenvalue weighted by Crippen LogP contribution is -2.45. The lowest BCUT2D eigenvalue weighted by molar-refractivity contribution is 0.0744. The number of nitrogens with zero attached hydrogens (tertiary/aromatic N) is 3. The van der Waals surface area contributed by atoms with Gasteiger partial charge in [-0.2, -0.15) is 0 Å². The van der Waals surface area contributed by atoms with E-state index in [1.165, 1.54) is 6.42 Å². The highest BCUT2D eigenvalue weighted by molar-refractivity contribution is 9.10. The van der Waals surface area contributed by atoms with Crippen molar-refractivity contribution in [1.82, 2.24) is 20.0 Å². The topological polar surface area (TPSA) is 50.2 Å². The number of amides is 1. The number of benzene rings is 2. The summed E-state index contributed by atoms with van der Waals surface area (Å²) < 4.78 is 2.42. The zero-order chi connectivity index (χ0) is 20.4. The number of piperidine rings is 1. The van der Waals surface area contributed by atoms with Crippen LogP contribution in [0.1, 0.15) is 29.8 Å². The Balaban J connectivity index is 1.79. The second kappa shape index (κ2) is 8.88. The summed E-state index contributed by atoms with van der Waals surface area (Å²) in [6.07, 6.45) is 3.34. The Bertz CT molecular complexity index is 1030. The van der Waals surface area contributed by atoms with Crippen molar-refractivity contribution in [1.29, 1.82) is 0 Å². The zero-order valence-electron chi connectivity index (χ0n) is 15.5. The van der Waals surface area contributed by atoms with Gasteiger partial charge in [0.2, 0.25) is 0 Å². The largest absolute Gasteiger partial charge is 0.287 e. The third kappa shape index (κ3) is 4.36. The van der Waals surface area contributed by atoms with Gasteiger partial charge in [-0.1, -0.05) is 41.8 Å². The molecule has 0 radical (unpaired) electrons. The molecular formula is C21H19BrCl2N4O. The van der Waals surface area contributed by atoms with Crippen molar-refractivity contribution in [2.24, 2.45) is 0 Å². The molecule has 3 aromatic rings. The average molecular weight is 494 g/mol. The first-order chi connectivity index (χ1) is 14.0. The molecule has 1 saturated heterocycles. The fraction of sp³-hybridized carbons (Fsp3) is 0.238. The van der Waals surface area contributed by atoms with Gasteiger partial charge in [-0.15, -0.1) is 0 Å². The maximum atomic E-state index is 13.0. The molecule has 2 aromatic carbocycles. The molecule has 0 bridgehead atoms. The van der Waals surface area contributed by atoms with E-state index < -0.39 is 0 Å². The molecule has 1 aromatic heterocycles. The SMILES string of the molecule is O=C(NN1CCCCC1)c1nc(-c2ccccc2Cl)n(-c2ccc(Cl)cc2)c1Br. The molecule has 5 nitrogen and oxygen atoms in total. The minimum absolute atomic E-state index is 0.250. The molecule has 150 valence electrons. The molecule has 0 aliphatic carbocycles. The van der Waals surface area contributed by atoms with Crippen LogP contribution >= 0.6 is 39.1 Å². The molecule has 0 unspecified atom stereocenters. The molecule has 2 heterocycles. The van der Waals surface area contributed by atoms with Gasteiger partial charge in [-0.25, -0.2) is 9.99 Å². The Morgan fingerprint density at radius 3 is 2.38 bits per heavy atom. The summed E-state index contributed by atoms with van der Waals surface area (Å²) in [5.41, 5.74) is 4.84. The first kappa shape index (κ1) is 20.4. The van der Waals surface area contributed by atoms with Gasteiger partial charge in [0.1, 0.15) is 10.4 Å². The van der Waals surface area contributed by atoms with Crippen LogP contribution in [0.5, 0.6) is 0 Å². The number of halogens is 3. The number of carbonyl (C=O) groups excluding carboxylic acids is 1. The van der Waals surface area contributed by atoms with Crippen molar-refractivity contribution in [3.63, 3.8) is 0 Å². The Morgan fingerprint density at radius 2 is 1.69 bits per heavy atom. The summed E-state index contributed by atoms with van der Waals surface area (Å²) >= 11 is 16.1. The second-order valence-electron chi connectivity index (χ2n) is 6.86. The number of hydrogen-bond acceptors (Lipinski definition) is 3. The van der Waals surface area contributed by atoms with Gasteiger partial charge < -0.3 is 0 Å². The van der Waals surface area contributed by atoms with Crippen LogP contribution in [0.3, 0.4) is 0 Å². The standard InChI is InChI=1S/C21H19BrCl2N4O/c22-19-18(21(29)26-27-12-4-1-5-13-27)25-20(16-6-2-3-7-17(16)24)28(19)15-10-8-14(23)9-11-15/h2-3,6-11H,1,4-5,12-13H2,(H,26,29). The van der Waals surface area contributed by atoms with Gasteiger partial charge in [0.15, 0.2) is 5.69 Å². The van der Waals surface area contributed by atoms with E-state index in [0.29, 0.717) is 26.2 Å². The van der Waals surface area contributed by atoms with Crippen molar-refractivity contribution in [2.45, 2.75) is 19.3 Å². The summed E-state index contributed by atoms with van der Waals surface area (Å²) in [6, 6.07) is 14.8. The van der Waals surface area contributed by atoms with E-state index in [0.717, 1.165) is 37.2 Å². The number of carbonyl (C=O) groups is 1. The number of imidazole rings is 1. The molecule has 0 saturated carbocycles. The van der Waals surface area contributed by atoms with Crippen LogP contribution < -0.4 is 5.43 Å². The lowest BCUT2D eigenvalue weighted by Gasteiger charge is -2.26. The number of hydrogen-bond donors (Lipinski definition) is 1. The fourth-order valence-electron chi connectivity index (χ4n) is 3.40. The predicted octanol–water partition coefficient (Wildman–Crippen LogP) is 5.74. The number of aromatic nitrogens is 2. The zero-order valence-corrected chi connectivity index (χ0v) is 18.6. The van der Waals surface area contributed by atoms with Gasteiger partial charge in [-0.3, -0.25) is 14.8 Å². The fourth-order valence-corrected chi connectivity index (χ4v) is 4.38. The van der Waals surface area contributed by atoms with E-state index >= 15 is 0 Å². The van der Waals surface area contributed by atoms with Crippen LogP contribution in [0.25, 0.3) is 17.1 Å². The van der Waals surface area contributed by atoms with Crippen molar-refractivity contribution < 1.29 is 4.79 Å². The minimum Gasteiger partial charge on any atom is -0.286 e. The smallest absolute Gasteiger partial charge is 0.286 e. The van der Waals surface area contributed by atoms with Crippen molar-refractivity contribution in [3.8, 4) is 17.1 Å². The van der Waals surface area contributed by atoms with Crippen LogP contribution in [0.2, 0.25) is 10.0 Å². The molecule has 8 heteroatoms. The van der Waals surface area contributed by atoms with Crippen LogP contribution in [-0.4, -0.2) is 33.6 Å². The molecule has 0 spiro atoms. The van der Waals surface area contributed by atoms with E-state index in [4.69, 9.17) is 23.2 Å². The molecule has 1 amide bonds. The highest BCUT2D eigenvalue weighted by Gasteiger charge is 2.25. The molecule has 29 heavy (non-hydrogen) atoms. The van der Waals surface area contributed by atoms with Crippen molar-refractivity contribution in [3.05, 3.63) is 68.9 Å². The Labute approximate surface area is 187 Å². The van der Waals surface area contributed by atoms with E-state index in [1.807, 2.05) is 39.9 Å². The molecule has 0 atom stereocenters. The van der Waals surface area contributed by atoms with Crippen molar-refractivity contribution in [2.75, 3.05) is 13.1 Å². The van der Waals surface area contributed by atoms with Crippen LogP contribution in [0.15, 0.2) is 53.1 Å². The molecule has 1 fully saturated rings. The van der Waals surface area contributed by atoms with E-state index in [2.05, 4.69) is 26.3 Å². The van der Waals surface area contributed by atoms with Crippen LogP contribution in [0.4, 0.5) is 0 Å². The lowest BCUT2D eigenvalue weighted by atomic mass is 10.2. The quantitative estimate of drug-likeness (QED) is 0.504. The molecule has 1 N–H and O–H groups in total. The minimum atomic E-state index is -0.250. The Morgan fingerprint density at radius 1 is 1.00 bits per heavy atom. The maximum Gasteiger partial charge on any atom is 0.287 e. The highest BCUT2D eigenvalue weighted by Crippen LogP contribution is 2.34. The summed E-state index contributed by atoms with van der Waals surface area (Å²) in [4.78, 5) is 17.7. The van der Waals surface area contributed by atoms with Crippen molar-refractivity contribution >= 4 is 45.0 Å². The van der Waals surface area contributed by atoms with Gasteiger partial charge in [0, 0.05) is 29.4 Å². The first-order valence-electron chi connectivity index (χ1n) is 9.39. The average Bonchev–Trinajstić information content (AvgIpc) is 3.07. The highest BCUT2D eigenvalue weighted by atomic mass is 79.9. The van der Waals surface area contributed by atoms with E-state index in [-0.39, 0.29) is 5.91 Å². The van der Waals surface area contributed by atoms with Gasteiger partial charge >= 0.3 is 0 Å². The first-order valence-corrected chi connectivity index (χ1v) is 10.9. The van der Waals surface area contributed by atoms with Gasteiger partial charge in [-0.05, 0) is 65.2 Å². The normalized spacial score (nSPS) is 14.7. The molecule has 1 aliphatic heterocycles. The predicted molar refractivity (Wildman–Crippen MR) is 120 cm³/mol. The van der Waals surface area contributed by atoms with E-state index in [1.54, 1.807) is 18.2 Å². The summed E-state index contributed by atoms with van der Waals surface area (Å²) in [7, 11) is 0. The summed E-state index contributed by atoms with van der Waals surface area (Å²) in [5, 5.41) is 3.14. The number of hydrazine groups is 1.